The van der Waals surface area contributed by atoms with Crippen LogP contribution in [0.1, 0.15) is 37.9 Å². The van der Waals surface area contributed by atoms with Gasteiger partial charge in [-0.3, -0.25) is 14.8 Å². The van der Waals surface area contributed by atoms with Crippen LogP contribution in [0.15, 0.2) is 24.7 Å². The second kappa shape index (κ2) is 9.51. The lowest BCUT2D eigenvalue weighted by Gasteiger charge is -2.22. The molecule has 0 bridgehead atoms. The van der Waals surface area contributed by atoms with Crippen molar-refractivity contribution in [3.63, 3.8) is 0 Å². The van der Waals surface area contributed by atoms with Crippen molar-refractivity contribution < 1.29 is 22.7 Å². The molecule has 0 atom stereocenters. The second-order valence-corrected chi connectivity index (χ2v) is 7.74. The van der Waals surface area contributed by atoms with Gasteiger partial charge in [-0.1, -0.05) is 13.8 Å². The molecular weight excluding hydrogens is 397 g/mol. The Labute approximate surface area is 173 Å². The average Bonchev–Trinajstić information content (AvgIpc) is 2.72. The van der Waals surface area contributed by atoms with Gasteiger partial charge >= 0.3 is 6.18 Å². The molecule has 1 N–H and O–H groups in total. The number of pyridine rings is 1. The lowest BCUT2D eigenvalue weighted by Crippen LogP contribution is -2.23. The van der Waals surface area contributed by atoms with E-state index in [9.17, 15) is 18.0 Å². The number of hydrogen-bond donors (Lipinski definition) is 1. The molecule has 0 aromatic carbocycles. The molecule has 0 radical (unpaired) electrons. The van der Waals surface area contributed by atoms with E-state index in [1.165, 1.54) is 18.5 Å². The number of carbonyl (C=O) groups excluding carboxylic acids is 1. The molecule has 1 saturated heterocycles. The van der Waals surface area contributed by atoms with Gasteiger partial charge in [0, 0.05) is 49.6 Å². The topological polar surface area (TPSA) is 77.0 Å². The Kier molecular flexibility index (Phi) is 7.02. The summed E-state index contributed by atoms with van der Waals surface area (Å²) in [5.74, 6) is 0.509. The Hall–Kier alpha value is -2.55. The Morgan fingerprint density at radius 1 is 1.23 bits per heavy atom. The molecule has 2 aromatic rings. The number of alkyl halides is 3. The highest BCUT2D eigenvalue weighted by atomic mass is 19.4. The number of nitrogens with zero attached hydrogens (tertiary/aromatic N) is 3. The van der Waals surface area contributed by atoms with E-state index < -0.39 is 11.7 Å². The zero-order valence-corrected chi connectivity index (χ0v) is 17.0. The normalized spacial score (nSPS) is 15.4. The molecule has 3 heterocycles. The molecule has 6 nitrogen and oxygen atoms in total. The number of aromatic nitrogens is 3. The van der Waals surface area contributed by atoms with Crippen molar-refractivity contribution in [2.45, 2.75) is 39.3 Å². The van der Waals surface area contributed by atoms with Crippen molar-refractivity contribution in [1.82, 2.24) is 15.0 Å². The van der Waals surface area contributed by atoms with Crippen LogP contribution < -0.4 is 5.32 Å². The number of ether oxygens (including phenoxy) is 1. The molecule has 0 spiro atoms. The Morgan fingerprint density at radius 2 is 1.97 bits per heavy atom. The van der Waals surface area contributed by atoms with E-state index >= 15 is 0 Å². The Morgan fingerprint density at radius 3 is 2.63 bits per heavy atom. The maximum Gasteiger partial charge on any atom is 0.418 e. The molecule has 3 rings (SSSR count). The predicted octanol–water partition coefficient (Wildman–Crippen LogP) is 4.16. The van der Waals surface area contributed by atoms with Crippen LogP contribution in [0.3, 0.4) is 0 Å². The maximum atomic E-state index is 13.6. The standard InChI is InChI=1S/C21H25F3N4O2/c1-13(2)19(29)8-15-7-16(17(10-26-15)21(22,23)24)18-11-25-12-20(28-18)27-9-14-3-5-30-6-4-14/h7,10-14H,3-6,8-9H2,1-2H3,(H,27,28). The lowest BCUT2D eigenvalue weighted by atomic mass is 10.0. The van der Waals surface area contributed by atoms with Gasteiger partial charge in [0.15, 0.2) is 0 Å². The Bertz CT molecular complexity index is 881. The number of nitrogens with one attached hydrogen (secondary N) is 1. The van der Waals surface area contributed by atoms with Gasteiger partial charge in [0.2, 0.25) is 0 Å². The minimum Gasteiger partial charge on any atom is -0.381 e. The van der Waals surface area contributed by atoms with Crippen LogP contribution in [0, 0.1) is 11.8 Å². The highest BCUT2D eigenvalue weighted by Gasteiger charge is 2.35. The van der Waals surface area contributed by atoms with E-state index in [4.69, 9.17) is 4.74 Å². The first kappa shape index (κ1) is 22.1. The molecule has 0 aliphatic carbocycles. The number of anilines is 1. The zero-order chi connectivity index (χ0) is 21.7. The predicted molar refractivity (Wildman–Crippen MR) is 106 cm³/mol. The largest absolute Gasteiger partial charge is 0.418 e. The van der Waals surface area contributed by atoms with E-state index in [1.807, 2.05) is 0 Å². The Balaban J connectivity index is 1.87. The van der Waals surface area contributed by atoms with E-state index in [0.717, 1.165) is 19.0 Å². The summed E-state index contributed by atoms with van der Waals surface area (Å²) in [6, 6.07) is 1.29. The molecule has 0 unspecified atom stereocenters. The third kappa shape index (κ3) is 5.75. The highest BCUT2D eigenvalue weighted by molar-refractivity contribution is 5.82. The van der Waals surface area contributed by atoms with Crippen molar-refractivity contribution in [1.29, 1.82) is 0 Å². The number of ketones is 1. The molecule has 2 aromatic heterocycles. The number of rotatable bonds is 7. The fraction of sp³-hybridized carbons (Fsp3) is 0.524. The fourth-order valence-corrected chi connectivity index (χ4v) is 3.20. The van der Waals surface area contributed by atoms with Crippen molar-refractivity contribution in [3.05, 3.63) is 35.9 Å². The van der Waals surface area contributed by atoms with Crippen LogP contribution in [-0.4, -0.2) is 40.5 Å². The molecule has 0 amide bonds. The van der Waals surface area contributed by atoms with Gasteiger partial charge in [-0.15, -0.1) is 0 Å². The van der Waals surface area contributed by atoms with Crippen molar-refractivity contribution >= 4 is 11.6 Å². The zero-order valence-electron chi connectivity index (χ0n) is 17.0. The molecule has 1 aliphatic heterocycles. The monoisotopic (exact) mass is 422 g/mol. The number of Topliss-reactive ketones (excluding diaryl/α,β-unsaturated/α-hetero) is 1. The molecule has 1 fully saturated rings. The summed E-state index contributed by atoms with van der Waals surface area (Å²) in [4.78, 5) is 24.3. The molecular formula is C21H25F3N4O2. The van der Waals surface area contributed by atoms with Crippen molar-refractivity contribution in [3.8, 4) is 11.3 Å². The van der Waals surface area contributed by atoms with Gasteiger partial charge in [-0.2, -0.15) is 13.2 Å². The molecule has 30 heavy (non-hydrogen) atoms. The van der Waals surface area contributed by atoms with Gasteiger partial charge < -0.3 is 10.1 Å². The highest BCUT2D eigenvalue weighted by Crippen LogP contribution is 2.36. The van der Waals surface area contributed by atoms with Gasteiger partial charge in [0.25, 0.3) is 0 Å². The van der Waals surface area contributed by atoms with Crippen LogP contribution in [0.4, 0.5) is 19.0 Å². The summed E-state index contributed by atoms with van der Waals surface area (Å²) >= 11 is 0. The van der Waals surface area contributed by atoms with Crippen LogP contribution in [0.2, 0.25) is 0 Å². The summed E-state index contributed by atoms with van der Waals surface area (Å²) in [5, 5.41) is 3.16. The summed E-state index contributed by atoms with van der Waals surface area (Å²) in [6.07, 6.45) is 0.765. The minimum absolute atomic E-state index is 0.0298. The van der Waals surface area contributed by atoms with E-state index in [1.54, 1.807) is 13.8 Å². The minimum atomic E-state index is -4.60. The number of hydrogen-bond acceptors (Lipinski definition) is 6. The summed E-state index contributed by atoms with van der Waals surface area (Å²) in [7, 11) is 0. The van der Waals surface area contributed by atoms with Crippen molar-refractivity contribution in [2.24, 2.45) is 11.8 Å². The smallest absolute Gasteiger partial charge is 0.381 e. The third-order valence-corrected chi connectivity index (χ3v) is 5.09. The maximum absolute atomic E-state index is 13.6. The van der Waals surface area contributed by atoms with E-state index in [0.29, 0.717) is 31.5 Å². The van der Waals surface area contributed by atoms with Crippen LogP contribution in [0.25, 0.3) is 11.3 Å². The quantitative estimate of drug-likeness (QED) is 0.722. The first-order chi connectivity index (χ1) is 14.2. The van der Waals surface area contributed by atoms with Gasteiger partial charge in [0.05, 0.1) is 23.7 Å². The number of carbonyl (C=O) groups is 1. The van der Waals surface area contributed by atoms with Crippen molar-refractivity contribution in [2.75, 3.05) is 25.1 Å². The third-order valence-electron chi connectivity index (χ3n) is 5.09. The van der Waals surface area contributed by atoms with E-state index in [-0.39, 0.29) is 35.1 Å². The average molecular weight is 422 g/mol. The van der Waals surface area contributed by atoms with Crippen LogP contribution >= 0.6 is 0 Å². The number of halogens is 3. The summed E-state index contributed by atoms with van der Waals surface area (Å²) in [6.45, 7) is 5.56. The van der Waals surface area contributed by atoms with Crippen LogP contribution in [0.5, 0.6) is 0 Å². The molecule has 9 heteroatoms. The second-order valence-electron chi connectivity index (χ2n) is 7.74. The van der Waals surface area contributed by atoms with Gasteiger partial charge in [-0.25, -0.2) is 4.98 Å². The molecule has 1 aliphatic rings. The molecule has 0 saturated carbocycles. The van der Waals surface area contributed by atoms with Crippen LogP contribution in [-0.2, 0) is 22.1 Å². The molecule has 162 valence electrons. The summed E-state index contributed by atoms with van der Waals surface area (Å²) < 4.78 is 46.0. The SMILES string of the molecule is CC(C)C(=O)Cc1cc(-c2cncc(NCC3CCOCC3)n2)c(C(F)(F)F)cn1. The van der Waals surface area contributed by atoms with E-state index in [2.05, 4.69) is 20.3 Å². The first-order valence-corrected chi connectivity index (χ1v) is 9.97. The first-order valence-electron chi connectivity index (χ1n) is 9.97. The lowest BCUT2D eigenvalue weighted by molar-refractivity contribution is -0.137. The fourth-order valence-electron chi connectivity index (χ4n) is 3.20. The van der Waals surface area contributed by atoms with Gasteiger partial charge in [-0.05, 0) is 24.8 Å². The van der Waals surface area contributed by atoms with Gasteiger partial charge in [0.1, 0.15) is 11.6 Å². The summed E-state index contributed by atoms with van der Waals surface area (Å²) in [5.41, 5.74) is -0.676.